The third kappa shape index (κ3) is 1.64. The molecule has 0 bridgehead atoms. The van der Waals surface area contributed by atoms with Crippen LogP contribution in [0.25, 0.3) is 0 Å². The minimum absolute atomic E-state index is 0.129. The van der Waals surface area contributed by atoms with Gasteiger partial charge in [-0.15, -0.1) is 0 Å². The van der Waals surface area contributed by atoms with Crippen molar-refractivity contribution in [3.8, 4) is 0 Å². The van der Waals surface area contributed by atoms with Crippen LogP contribution in [0.3, 0.4) is 0 Å². The lowest BCUT2D eigenvalue weighted by Crippen LogP contribution is -2.18. The quantitative estimate of drug-likeness (QED) is 0.613. The summed E-state index contributed by atoms with van der Waals surface area (Å²) in [4.78, 5) is 1.83. The van der Waals surface area contributed by atoms with Gasteiger partial charge < -0.3 is 10.6 Å². The predicted octanol–water partition coefficient (Wildman–Crippen LogP) is -0.867. The highest BCUT2D eigenvalue weighted by molar-refractivity contribution is 7.94. The first-order chi connectivity index (χ1) is 5.43. The Kier molecular flexibility index (Phi) is 2.20. The van der Waals surface area contributed by atoms with Gasteiger partial charge in [0.25, 0.3) is 10.0 Å². The van der Waals surface area contributed by atoms with Crippen LogP contribution in [0.4, 0.5) is 0 Å². The van der Waals surface area contributed by atoms with Crippen LogP contribution in [0.2, 0.25) is 0 Å². The molecule has 0 unspecified atom stereocenters. The maximum absolute atomic E-state index is 11.0. The van der Waals surface area contributed by atoms with Gasteiger partial charge in [0.15, 0.2) is 5.03 Å². The highest BCUT2D eigenvalue weighted by atomic mass is 32.2. The molecule has 0 radical (unpaired) electrons. The van der Waals surface area contributed by atoms with Crippen molar-refractivity contribution < 1.29 is 8.42 Å². The van der Waals surface area contributed by atoms with E-state index in [1.54, 1.807) is 0 Å². The van der Waals surface area contributed by atoms with Crippen LogP contribution in [0.5, 0.6) is 0 Å². The first-order valence-electron chi connectivity index (χ1n) is 3.37. The second-order valence-corrected chi connectivity index (χ2v) is 4.44. The van der Waals surface area contributed by atoms with Crippen molar-refractivity contribution in [3.05, 3.63) is 10.6 Å². The normalized spacial score (nSPS) is 20.9. The predicted molar refractivity (Wildman–Crippen MR) is 47.2 cm³/mol. The van der Waals surface area contributed by atoms with Gasteiger partial charge in [0, 0.05) is 18.3 Å². The Hall–Kier alpha value is -0.880. The zero-order valence-corrected chi connectivity index (χ0v) is 7.80. The van der Waals surface area contributed by atoms with Crippen LogP contribution in [-0.2, 0) is 10.0 Å². The van der Waals surface area contributed by atoms with E-state index < -0.39 is 10.0 Å². The van der Waals surface area contributed by atoms with Gasteiger partial charge in [-0.1, -0.05) is 0 Å². The molecule has 2 N–H and O–H groups in total. The summed E-state index contributed by atoms with van der Waals surface area (Å²) in [6.45, 7) is 0.495. The van der Waals surface area contributed by atoms with Gasteiger partial charge >= 0.3 is 0 Å². The fourth-order valence-electron chi connectivity index (χ4n) is 0.879. The average molecular weight is 189 g/mol. The van der Waals surface area contributed by atoms with Crippen LogP contribution in [-0.4, -0.2) is 40.2 Å². The Labute approximate surface area is 71.6 Å². The molecule has 5 nitrogen and oxygen atoms in total. The zero-order valence-electron chi connectivity index (χ0n) is 6.98. The molecule has 1 rings (SSSR count). The summed E-state index contributed by atoms with van der Waals surface area (Å²) >= 11 is 0. The van der Waals surface area contributed by atoms with E-state index in [9.17, 15) is 8.42 Å². The molecule has 0 saturated heterocycles. The van der Waals surface area contributed by atoms with E-state index in [1.807, 2.05) is 19.0 Å². The van der Waals surface area contributed by atoms with Gasteiger partial charge in [-0.2, -0.15) is 12.8 Å². The fourth-order valence-corrected chi connectivity index (χ4v) is 1.71. The van der Waals surface area contributed by atoms with E-state index in [2.05, 4.69) is 4.40 Å². The minimum Gasteiger partial charge on any atom is -0.388 e. The Morgan fingerprint density at radius 2 is 2.17 bits per heavy atom. The first-order valence-corrected chi connectivity index (χ1v) is 4.81. The van der Waals surface area contributed by atoms with Crippen LogP contribution >= 0.6 is 0 Å². The van der Waals surface area contributed by atoms with E-state index in [-0.39, 0.29) is 5.03 Å². The molecule has 0 aliphatic carbocycles. The molecule has 0 atom stereocenters. The lowest BCUT2D eigenvalue weighted by atomic mass is 10.3. The molecular formula is C6H11N3O2S. The summed E-state index contributed by atoms with van der Waals surface area (Å²) < 4.78 is 25.2. The Morgan fingerprint density at radius 1 is 1.58 bits per heavy atom. The van der Waals surface area contributed by atoms with E-state index in [4.69, 9.17) is 5.73 Å². The molecular weight excluding hydrogens is 178 g/mol. The maximum atomic E-state index is 11.0. The summed E-state index contributed by atoms with van der Waals surface area (Å²) in [5.74, 6) is 0. The van der Waals surface area contributed by atoms with Gasteiger partial charge in [0.1, 0.15) is 0 Å². The van der Waals surface area contributed by atoms with Crippen molar-refractivity contribution in [2.75, 3.05) is 20.6 Å². The van der Waals surface area contributed by atoms with E-state index >= 15 is 0 Å². The summed E-state index contributed by atoms with van der Waals surface area (Å²) in [5.41, 5.74) is 5.90. The number of sulfonamides is 1. The van der Waals surface area contributed by atoms with Crippen LogP contribution < -0.4 is 5.73 Å². The number of nitrogens with two attached hydrogens (primary N) is 1. The largest absolute Gasteiger partial charge is 0.388 e. The summed E-state index contributed by atoms with van der Waals surface area (Å²) in [7, 11) is 0.145. The van der Waals surface area contributed by atoms with Crippen LogP contribution in [0.1, 0.15) is 0 Å². The minimum atomic E-state index is -3.52. The summed E-state index contributed by atoms with van der Waals surface area (Å²) in [6.07, 6.45) is 1.30. The number of hydrogen-bond donors (Lipinski definition) is 1. The number of nitrogens with zero attached hydrogens (tertiary/aromatic N) is 2. The Balaban J connectivity index is 2.95. The monoisotopic (exact) mass is 189 g/mol. The van der Waals surface area contributed by atoms with Crippen LogP contribution in [0, 0.1) is 0 Å². The lowest BCUT2D eigenvalue weighted by Gasteiger charge is -2.07. The van der Waals surface area contributed by atoms with E-state index in [0.29, 0.717) is 12.1 Å². The topological polar surface area (TPSA) is 75.8 Å². The van der Waals surface area contributed by atoms with E-state index in [1.165, 1.54) is 6.21 Å². The molecule has 0 saturated carbocycles. The maximum Gasteiger partial charge on any atom is 0.297 e. The third-order valence-electron chi connectivity index (χ3n) is 1.43. The van der Waals surface area contributed by atoms with Crippen molar-refractivity contribution in [2.45, 2.75) is 0 Å². The molecule has 0 fully saturated rings. The van der Waals surface area contributed by atoms with Crippen molar-refractivity contribution in [1.82, 2.24) is 4.90 Å². The summed E-state index contributed by atoms with van der Waals surface area (Å²) in [5, 5.41) is -0.129. The number of hydrogen-bond acceptors (Lipinski definition) is 4. The third-order valence-corrected chi connectivity index (χ3v) is 2.63. The molecule has 12 heavy (non-hydrogen) atoms. The second-order valence-electron chi connectivity index (χ2n) is 2.84. The average Bonchev–Trinajstić information content (AvgIpc) is 2.15. The number of rotatable bonds is 2. The second kappa shape index (κ2) is 2.87. The molecule has 0 amide bonds. The SMILES string of the molecule is CN(C)CC1=C(N)S(=O)(=O)N=C1. The van der Waals surface area contributed by atoms with Gasteiger partial charge in [0.05, 0.1) is 0 Å². The molecule has 1 aliphatic heterocycles. The summed E-state index contributed by atoms with van der Waals surface area (Å²) in [6, 6.07) is 0. The van der Waals surface area contributed by atoms with Crippen molar-refractivity contribution in [3.63, 3.8) is 0 Å². The molecule has 1 heterocycles. The van der Waals surface area contributed by atoms with Gasteiger partial charge in [-0.3, -0.25) is 0 Å². The van der Waals surface area contributed by atoms with Gasteiger partial charge in [-0.25, -0.2) is 0 Å². The fraction of sp³-hybridized carbons (Fsp3) is 0.500. The Bertz CT molecular complexity index is 340. The van der Waals surface area contributed by atoms with Crippen molar-refractivity contribution in [2.24, 2.45) is 10.1 Å². The molecule has 0 aromatic rings. The molecule has 68 valence electrons. The molecule has 1 aliphatic rings. The molecule has 0 spiro atoms. The van der Waals surface area contributed by atoms with E-state index in [0.717, 1.165) is 0 Å². The highest BCUT2D eigenvalue weighted by Gasteiger charge is 2.22. The van der Waals surface area contributed by atoms with Gasteiger partial charge in [0.2, 0.25) is 0 Å². The molecule has 0 aromatic carbocycles. The zero-order chi connectivity index (χ0) is 9.35. The first kappa shape index (κ1) is 9.21. The molecule has 0 aromatic heterocycles. The number of likely N-dealkylation sites (N-methyl/N-ethyl adjacent to an activating group) is 1. The van der Waals surface area contributed by atoms with Crippen molar-refractivity contribution in [1.29, 1.82) is 0 Å². The highest BCUT2D eigenvalue weighted by Crippen LogP contribution is 2.14. The van der Waals surface area contributed by atoms with Crippen molar-refractivity contribution >= 4 is 16.2 Å². The Morgan fingerprint density at radius 3 is 2.50 bits per heavy atom. The standard InChI is InChI=1S/C6H11N3O2S/c1-9(2)4-5-3-8-12(10,11)6(5)7/h3H,4,7H2,1-2H3. The molecule has 6 heteroatoms. The van der Waals surface area contributed by atoms with Crippen LogP contribution in [0.15, 0.2) is 15.0 Å². The lowest BCUT2D eigenvalue weighted by molar-refractivity contribution is 0.451. The smallest absolute Gasteiger partial charge is 0.297 e. The van der Waals surface area contributed by atoms with Gasteiger partial charge in [-0.05, 0) is 14.1 Å².